The Balaban J connectivity index is 1.97. The number of benzene rings is 2. The van der Waals surface area contributed by atoms with Crippen molar-refractivity contribution >= 4 is 63.7 Å². The van der Waals surface area contributed by atoms with Crippen LogP contribution in [0, 0.1) is 0 Å². The standard InChI is InChI=1S/C15H10Br4O2/c16-9-3-7-1-2-13(21-15(7)12(19)6-9)8-4-10(17)14(20)11(18)5-8/h3-6,13,20H,1-2H2. The Morgan fingerprint density at radius 2 is 1.62 bits per heavy atom. The topological polar surface area (TPSA) is 29.5 Å². The lowest BCUT2D eigenvalue weighted by Crippen LogP contribution is -2.15. The summed E-state index contributed by atoms with van der Waals surface area (Å²) in [5, 5.41) is 9.81. The van der Waals surface area contributed by atoms with Gasteiger partial charge in [0.05, 0.1) is 13.4 Å². The minimum absolute atomic E-state index is 0.0248. The highest BCUT2D eigenvalue weighted by molar-refractivity contribution is 9.11. The number of halogens is 4. The highest BCUT2D eigenvalue weighted by Crippen LogP contribution is 2.43. The molecule has 2 aromatic rings. The van der Waals surface area contributed by atoms with Crippen molar-refractivity contribution in [1.29, 1.82) is 0 Å². The molecule has 1 aliphatic heterocycles. The highest BCUT2D eigenvalue weighted by Gasteiger charge is 2.24. The van der Waals surface area contributed by atoms with Crippen LogP contribution in [0.4, 0.5) is 0 Å². The van der Waals surface area contributed by atoms with Gasteiger partial charge in [0.1, 0.15) is 17.6 Å². The van der Waals surface area contributed by atoms with Crippen molar-refractivity contribution in [2.75, 3.05) is 0 Å². The smallest absolute Gasteiger partial charge is 0.143 e. The third-order valence-corrected chi connectivity index (χ3v) is 5.69. The number of hydrogen-bond donors (Lipinski definition) is 1. The van der Waals surface area contributed by atoms with Crippen molar-refractivity contribution in [3.63, 3.8) is 0 Å². The zero-order valence-corrected chi connectivity index (χ0v) is 17.0. The lowest BCUT2D eigenvalue weighted by molar-refractivity contribution is 0.175. The van der Waals surface area contributed by atoms with Gasteiger partial charge in [0.2, 0.25) is 0 Å². The number of phenolic OH excluding ortho intramolecular Hbond substituents is 1. The van der Waals surface area contributed by atoms with Crippen LogP contribution in [0.25, 0.3) is 0 Å². The van der Waals surface area contributed by atoms with E-state index >= 15 is 0 Å². The summed E-state index contributed by atoms with van der Waals surface area (Å²) in [4.78, 5) is 0. The molecule has 0 aliphatic carbocycles. The molecule has 0 saturated heterocycles. The molecule has 0 aromatic heterocycles. The van der Waals surface area contributed by atoms with E-state index in [0.29, 0.717) is 8.95 Å². The lowest BCUT2D eigenvalue weighted by atomic mass is 9.97. The predicted molar refractivity (Wildman–Crippen MR) is 97.0 cm³/mol. The first-order chi connectivity index (χ1) is 9.95. The van der Waals surface area contributed by atoms with Gasteiger partial charge < -0.3 is 9.84 Å². The van der Waals surface area contributed by atoms with Crippen LogP contribution in [0.2, 0.25) is 0 Å². The Hall–Kier alpha value is -0.0400. The van der Waals surface area contributed by atoms with Crippen LogP contribution in [-0.2, 0) is 6.42 Å². The minimum Gasteiger partial charge on any atom is -0.506 e. The molecular formula is C15H10Br4O2. The van der Waals surface area contributed by atoms with Crippen LogP contribution in [0.1, 0.15) is 23.7 Å². The molecule has 1 N–H and O–H groups in total. The van der Waals surface area contributed by atoms with Crippen molar-refractivity contribution in [3.05, 3.63) is 53.3 Å². The fourth-order valence-electron chi connectivity index (χ4n) is 2.42. The van der Waals surface area contributed by atoms with E-state index in [1.54, 1.807) is 0 Å². The van der Waals surface area contributed by atoms with Gasteiger partial charge in [0, 0.05) is 4.47 Å². The normalized spacial score (nSPS) is 17.2. The van der Waals surface area contributed by atoms with Crippen molar-refractivity contribution < 1.29 is 9.84 Å². The molecule has 2 nitrogen and oxygen atoms in total. The number of aryl methyl sites for hydroxylation is 1. The van der Waals surface area contributed by atoms with E-state index in [1.165, 1.54) is 5.56 Å². The molecule has 0 saturated carbocycles. The Labute approximate surface area is 156 Å². The predicted octanol–water partition coefficient (Wildman–Crippen LogP) is 6.51. The summed E-state index contributed by atoms with van der Waals surface area (Å²) in [6, 6.07) is 7.90. The number of fused-ring (bicyclic) bond motifs is 1. The van der Waals surface area contributed by atoms with Gasteiger partial charge in [0.25, 0.3) is 0 Å². The Kier molecular flexibility index (Phi) is 4.69. The zero-order chi connectivity index (χ0) is 15.1. The van der Waals surface area contributed by atoms with E-state index in [2.05, 4.69) is 69.8 Å². The fourth-order valence-corrected chi connectivity index (χ4v) is 5.05. The van der Waals surface area contributed by atoms with Crippen LogP contribution >= 0.6 is 63.7 Å². The van der Waals surface area contributed by atoms with E-state index < -0.39 is 0 Å². The minimum atomic E-state index is -0.0248. The molecule has 21 heavy (non-hydrogen) atoms. The maximum Gasteiger partial charge on any atom is 0.143 e. The second kappa shape index (κ2) is 6.22. The molecule has 6 heteroatoms. The number of ether oxygens (including phenoxy) is 1. The van der Waals surface area contributed by atoms with Crippen molar-refractivity contribution in [1.82, 2.24) is 0 Å². The van der Waals surface area contributed by atoms with Crippen LogP contribution < -0.4 is 4.74 Å². The summed E-state index contributed by atoms with van der Waals surface area (Å²) in [7, 11) is 0. The first-order valence-electron chi connectivity index (χ1n) is 6.28. The third-order valence-electron chi connectivity index (χ3n) is 3.43. The van der Waals surface area contributed by atoms with Crippen LogP contribution in [0.15, 0.2) is 42.2 Å². The summed E-state index contributed by atoms with van der Waals surface area (Å²) < 4.78 is 9.49. The molecular weight excluding hydrogens is 532 g/mol. The van der Waals surface area contributed by atoms with E-state index in [4.69, 9.17) is 4.74 Å². The van der Waals surface area contributed by atoms with Crippen molar-refractivity contribution in [2.24, 2.45) is 0 Å². The molecule has 0 bridgehead atoms. The van der Waals surface area contributed by atoms with Crippen molar-refractivity contribution in [2.45, 2.75) is 18.9 Å². The van der Waals surface area contributed by atoms with Crippen LogP contribution in [-0.4, -0.2) is 5.11 Å². The monoisotopic (exact) mass is 538 g/mol. The maximum absolute atomic E-state index is 9.81. The summed E-state index contributed by atoms with van der Waals surface area (Å²) in [6.45, 7) is 0. The Bertz CT molecular complexity index is 692. The van der Waals surface area contributed by atoms with Gasteiger partial charge in [-0.15, -0.1) is 0 Å². The first-order valence-corrected chi connectivity index (χ1v) is 9.45. The number of hydrogen-bond acceptors (Lipinski definition) is 2. The van der Waals surface area contributed by atoms with E-state index in [-0.39, 0.29) is 11.9 Å². The zero-order valence-electron chi connectivity index (χ0n) is 10.7. The largest absolute Gasteiger partial charge is 0.506 e. The van der Waals surface area contributed by atoms with Gasteiger partial charge in [-0.3, -0.25) is 0 Å². The lowest BCUT2D eigenvalue weighted by Gasteiger charge is -2.28. The fraction of sp³-hybridized carbons (Fsp3) is 0.200. The maximum atomic E-state index is 9.81. The van der Waals surface area contributed by atoms with E-state index in [9.17, 15) is 5.11 Å². The molecule has 1 unspecified atom stereocenters. The number of aromatic hydroxyl groups is 1. The molecule has 3 rings (SSSR count). The molecule has 1 atom stereocenters. The van der Waals surface area contributed by atoms with Gasteiger partial charge in [0.15, 0.2) is 0 Å². The average Bonchev–Trinajstić information content (AvgIpc) is 2.43. The quantitative estimate of drug-likeness (QED) is 0.446. The second-order valence-corrected chi connectivity index (χ2v) is 8.33. The summed E-state index contributed by atoms with van der Waals surface area (Å²) in [5.41, 5.74) is 2.23. The average molecular weight is 542 g/mol. The number of phenols is 1. The molecule has 2 aromatic carbocycles. The summed E-state index contributed by atoms with van der Waals surface area (Å²) in [5.74, 6) is 1.11. The number of rotatable bonds is 1. The molecule has 1 aliphatic rings. The molecule has 0 spiro atoms. The highest BCUT2D eigenvalue weighted by atomic mass is 79.9. The van der Waals surface area contributed by atoms with E-state index in [0.717, 1.165) is 33.1 Å². The molecule has 1 heterocycles. The van der Waals surface area contributed by atoms with Crippen LogP contribution in [0.3, 0.4) is 0 Å². The van der Waals surface area contributed by atoms with Gasteiger partial charge in [-0.2, -0.15) is 0 Å². The molecule has 110 valence electrons. The SMILES string of the molecule is Oc1c(Br)cc(C2CCc3cc(Br)cc(Br)c3O2)cc1Br. The van der Waals surface area contributed by atoms with Gasteiger partial charge in [-0.25, -0.2) is 0 Å². The van der Waals surface area contributed by atoms with Crippen LogP contribution in [0.5, 0.6) is 11.5 Å². The van der Waals surface area contributed by atoms with Crippen molar-refractivity contribution in [3.8, 4) is 11.5 Å². The molecule has 0 amide bonds. The second-order valence-electron chi connectivity index (χ2n) is 4.85. The Morgan fingerprint density at radius 1 is 0.952 bits per heavy atom. The van der Waals surface area contributed by atoms with Gasteiger partial charge >= 0.3 is 0 Å². The summed E-state index contributed by atoms with van der Waals surface area (Å²) in [6.07, 6.45) is 1.83. The molecule has 0 radical (unpaired) electrons. The summed E-state index contributed by atoms with van der Waals surface area (Å²) >= 11 is 13.8. The van der Waals surface area contributed by atoms with E-state index in [1.807, 2.05) is 18.2 Å². The third kappa shape index (κ3) is 3.19. The first kappa shape index (κ1) is 15.8. The van der Waals surface area contributed by atoms with Gasteiger partial charge in [-0.1, -0.05) is 15.9 Å². The Morgan fingerprint density at radius 3 is 2.29 bits per heavy atom. The molecule has 0 fully saturated rings. The van der Waals surface area contributed by atoms with Gasteiger partial charge in [-0.05, 0) is 96.0 Å².